The Morgan fingerprint density at radius 3 is 2.70 bits per heavy atom. The minimum Gasteiger partial charge on any atom is -0.318 e. The van der Waals surface area contributed by atoms with Gasteiger partial charge >= 0.3 is 0 Å². The van der Waals surface area contributed by atoms with Crippen molar-refractivity contribution in [3.8, 4) is 0 Å². The Morgan fingerprint density at radius 1 is 1.15 bits per heavy atom. The number of carbonyl (C=O) groups excluding carboxylic acids is 2. The molecule has 3 nitrogen and oxygen atoms in total. The van der Waals surface area contributed by atoms with E-state index in [0.29, 0.717) is 11.3 Å². The van der Waals surface area contributed by atoms with Crippen molar-refractivity contribution < 1.29 is 9.59 Å². The Hall–Kier alpha value is -1.59. The van der Waals surface area contributed by atoms with Gasteiger partial charge in [-0.25, -0.2) is 0 Å². The van der Waals surface area contributed by atoms with Crippen LogP contribution in [0.3, 0.4) is 0 Å². The number of nitrogens with one attached hydrogen (secondary N) is 1. The van der Waals surface area contributed by atoms with Gasteiger partial charge < -0.3 is 5.32 Å². The first kappa shape index (κ1) is 13.4. The van der Waals surface area contributed by atoms with E-state index in [4.69, 9.17) is 0 Å². The molecule has 0 atom stereocenters. The lowest BCUT2D eigenvalue weighted by Gasteiger charge is -2.07. The second-order valence-electron chi connectivity index (χ2n) is 4.53. The second-order valence-corrected chi connectivity index (χ2v) is 6.50. The number of benzene rings is 2. The van der Waals surface area contributed by atoms with E-state index in [9.17, 15) is 9.59 Å². The van der Waals surface area contributed by atoms with Crippen LogP contribution in [0, 0.1) is 6.92 Å². The van der Waals surface area contributed by atoms with E-state index in [1.54, 1.807) is 17.8 Å². The number of Topliss-reactive ketones (excluding diaryl/α,β-unsaturated/α-hetero) is 1. The maximum atomic E-state index is 11.6. The van der Waals surface area contributed by atoms with Crippen LogP contribution in [-0.2, 0) is 4.79 Å². The molecule has 2 aromatic rings. The minimum absolute atomic E-state index is 0.426. The van der Waals surface area contributed by atoms with Gasteiger partial charge in [0.15, 0.2) is 0 Å². The molecule has 0 unspecified atom stereocenters. The van der Waals surface area contributed by atoms with E-state index in [-0.39, 0.29) is 0 Å². The normalized spacial score (nSPS) is 13.3. The molecule has 0 aromatic heterocycles. The molecule has 0 saturated carbocycles. The third-order valence-corrected chi connectivity index (χ3v) is 4.95. The molecule has 1 heterocycles. The molecule has 0 spiro atoms. The van der Waals surface area contributed by atoms with Crippen LogP contribution in [0.2, 0.25) is 0 Å². The summed E-state index contributed by atoms with van der Waals surface area (Å²) >= 11 is 5.05. The molecule has 3 rings (SSSR count). The molecule has 2 aromatic carbocycles. The highest BCUT2D eigenvalue weighted by molar-refractivity contribution is 9.10. The number of rotatable bonds is 2. The molecule has 0 saturated heterocycles. The molecule has 1 aliphatic heterocycles. The molecule has 20 heavy (non-hydrogen) atoms. The average molecular weight is 348 g/mol. The zero-order valence-corrected chi connectivity index (χ0v) is 13.0. The second kappa shape index (κ2) is 5.07. The molecule has 100 valence electrons. The first-order chi connectivity index (χ1) is 9.54. The molecule has 1 amide bonds. The highest BCUT2D eigenvalue weighted by atomic mass is 79.9. The third kappa shape index (κ3) is 2.39. The van der Waals surface area contributed by atoms with E-state index < -0.39 is 11.7 Å². The van der Waals surface area contributed by atoms with Crippen molar-refractivity contribution in [2.75, 3.05) is 5.32 Å². The molecule has 0 radical (unpaired) electrons. The largest absolute Gasteiger partial charge is 0.318 e. The van der Waals surface area contributed by atoms with Gasteiger partial charge in [0, 0.05) is 14.3 Å². The highest BCUT2D eigenvalue weighted by Crippen LogP contribution is 2.38. The molecule has 0 fully saturated rings. The van der Waals surface area contributed by atoms with Gasteiger partial charge in [-0.15, -0.1) is 0 Å². The van der Waals surface area contributed by atoms with Gasteiger partial charge in [0.25, 0.3) is 11.7 Å². The van der Waals surface area contributed by atoms with Crippen molar-refractivity contribution in [2.24, 2.45) is 0 Å². The standard InChI is InChI=1S/C15H10BrNO2S/c1-8-3-2-4-9(5-8)20-13-7-12-10(6-11(13)16)14(18)15(19)17-12/h2-7H,1H3,(H,17,18,19). The van der Waals surface area contributed by atoms with Gasteiger partial charge in [-0.05, 0) is 47.1 Å². The molecule has 1 aliphatic rings. The van der Waals surface area contributed by atoms with Crippen molar-refractivity contribution >= 4 is 45.1 Å². The van der Waals surface area contributed by atoms with Gasteiger partial charge in [0.05, 0.1) is 11.3 Å². The van der Waals surface area contributed by atoms with Gasteiger partial charge in [-0.1, -0.05) is 29.5 Å². The predicted molar refractivity (Wildman–Crippen MR) is 82.4 cm³/mol. The van der Waals surface area contributed by atoms with E-state index >= 15 is 0 Å². The van der Waals surface area contributed by atoms with E-state index in [2.05, 4.69) is 27.3 Å². The molecule has 1 N–H and O–H groups in total. The fourth-order valence-electron chi connectivity index (χ4n) is 2.03. The third-order valence-electron chi connectivity index (χ3n) is 2.99. The molecule has 0 aliphatic carbocycles. The van der Waals surface area contributed by atoms with Crippen molar-refractivity contribution in [3.63, 3.8) is 0 Å². The van der Waals surface area contributed by atoms with Crippen LogP contribution in [0.15, 0.2) is 50.7 Å². The fraction of sp³-hybridized carbons (Fsp3) is 0.0667. The highest BCUT2D eigenvalue weighted by Gasteiger charge is 2.29. The summed E-state index contributed by atoms with van der Waals surface area (Å²) in [4.78, 5) is 25.1. The zero-order valence-electron chi connectivity index (χ0n) is 10.6. The lowest BCUT2D eigenvalue weighted by Crippen LogP contribution is -2.12. The van der Waals surface area contributed by atoms with Crippen molar-refractivity contribution in [1.29, 1.82) is 0 Å². The van der Waals surface area contributed by atoms with Gasteiger partial charge in [-0.2, -0.15) is 0 Å². The van der Waals surface area contributed by atoms with Gasteiger partial charge in [0.1, 0.15) is 0 Å². The monoisotopic (exact) mass is 347 g/mol. The number of aryl methyl sites for hydroxylation is 1. The van der Waals surface area contributed by atoms with Gasteiger partial charge in [-0.3, -0.25) is 9.59 Å². The molecular weight excluding hydrogens is 338 g/mol. The van der Waals surface area contributed by atoms with E-state index in [1.807, 2.05) is 31.2 Å². The number of carbonyl (C=O) groups is 2. The summed E-state index contributed by atoms with van der Waals surface area (Å²) in [6.07, 6.45) is 0. The van der Waals surface area contributed by atoms with Crippen LogP contribution in [0.4, 0.5) is 5.69 Å². The SMILES string of the molecule is Cc1cccc(Sc2cc3c(cc2Br)C(=O)C(=O)N3)c1. The topological polar surface area (TPSA) is 46.2 Å². The summed E-state index contributed by atoms with van der Waals surface area (Å²) in [6.45, 7) is 2.04. The van der Waals surface area contributed by atoms with Gasteiger partial charge in [0.2, 0.25) is 0 Å². The van der Waals surface area contributed by atoms with Crippen LogP contribution in [0.5, 0.6) is 0 Å². The number of anilines is 1. The van der Waals surface area contributed by atoms with Crippen molar-refractivity contribution in [3.05, 3.63) is 52.0 Å². The molecule has 0 bridgehead atoms. The Balaban J connectivity index is 1.98. The number of fused-ring (bicyclic) bond motifs is 1. The summed E-state index contributed by atoms with van der Waals surface area (Å²) in [5, 5.41) is 2.59. The summed E-state index contributed by atoms with van der Waals surface area (Å²) in [5.74, 6) is -1.04. The number of amides is 1. The van der Waals surface area contributed by atoms with Crippen LogP contribution in [0.1, 0.15) is 15.9 Å². The smallest absolute Gasteiger partial charge is 0.296 e. The Kier molecular flexibility index (Phi) is 3.40. The first-order valence-corrected chi connectivity index (χ1v) is 7.59. The Labute approximate surface area is 128 Å². The summed E-state index contributed by atoms with van der Waals surface area (Å²) < 4.78 is 0.813. The predicted octanol–water partition coefficient (Wildman–Crippen LogP) is 4.04. The first-order valence-electron chi connectivity index (χ1n) is 5.98. The molecular formula is C15H10BrNO2S. The summed E-state index contributed by atoms with van der Waals surface area (Å²) in [6, 6.07) is 11.7. The number of halogens is 1. The number of hydrogen-bond donors (Lipinski definition) is 1. The summed E-state index contributed by atoms with van der Waals surface area (Å²) in [7, 11) is 0. The maximum Gasteiger partial charge on any atom is 0.296 e. The van der Waals surface area contributed by atoms with Crippen LogP contribution in [-0.4, -0.2) is 11.7 Å². The van der Waals surface area contributed by atoms with Crippen LogP contribution < -0.4 is 5.32 Å². The van der Waals surface area contributed by atoms with E-state index in [1.165, 1.54) is 5.56 Å². The Bertz CT molecular complexity index is 743. The fourth-order valence-corrected chi connectivity index (χ4v) is 3.59. The lowest BCUT2D eigenvalue weighted by molar-refractivity contribution is -0.112. The Morgan fingerprint density at radius 2 is 1.95 bits per heavy atom. The lowest BCUT2D eigenvalue weighted by atomic mass is 10.1. The quantitative estimate of drug-likeness (QED) is 0.833. The summed E-state index contributed by atoms with van der Waals surface area (Å²) in [5.41, 5.74) is 2.20. The van der Waals surface area contributed by atoms with Crippen LogP contribution >= 0.6 is 27.7 Å². The average Bonchev–Trinajstić information content (AvgIpc) is 2.66. The number of ketones is 1. The van der Waals surface area contributed by atoms with Crippen molar-refractivity contribution in [2.45, 2.75) is 16.7 Å². The maximum absolute atomic E-state index is 11.6. The van der Waals surface area contributed by atoms with Crippen LogP contribution in [0.25, 0.3) is 0 Å². The zero-order chi connectivity index (χ0) is 14.3. The number of hydrogen-bond acceptors (Lipinski definition) is 3. The van der Waals surface area contributed by atoms with Crippen molar-refractivity contribution in [1.82, 2.24) is 0 Å². The molecule has 5 heteroatoms. The van der Waals surface area contributed by atoms with E-state index in [0.717, 1.165) is 14.3 Å². The minimum atomic E-state index is -0.565.